The highest BCUT2D eigenvalue weighted by Gasteiger charge is 2.13. The molecule has 1 atom stereocenters. The van der Waals surface area contributed by atoms with E-state index in [-0.39, 0.29) is 5.82 Å². The zero-order valence-corrected chi connectivity index (χ0v) is 14.0. The zero-order chi connectivity index (χ0) is 15.2. The van der Waals surface area contributed by atoms with Gasteiger partial charge in [0.2, 0.25) is 0 Å². The number of nitrogens with one attached hydrogen (secondary N) is 1. The van der Waals surface area contributed by atoms with Crippen LogP contribution in [0, 0.1) is 5.82 Å². The maximum Gasteiger partial charge on any atom is 0.123 e. The molecule has 1 nitrogen and oxygen atoms in total. The summed E-state index contributed by atoms with van der Waals surface area (Å²) < 4.78 is 14.1. The van der Waals surface area contributed by atoms with Crippen molar-refractivity contribution in [2.24, 2.45) is 0 Å². The van der Waals surface area contributed by atoms with E-state index in [1.54, 1.807) is 0 Å². The van der Waals surface area contributed by atoms with Gasteiger partial charge in [0.15, 0.2) is 0 Å². The summed E-state index contributed by atoms with van der Waals surface area (Å²) >= 11 is 3.54. The van der Waals surface area contributed by atoms with E-state index in [4.69, 9.17) is 0 Å². The Morgan fingerprint density at radius 1 is 1.10 bits per heavy atom. The summed E-state index contributed by atoms with van der Waals surface area (Å²) in [4.78, 5) is 0. The fourth-order valence-corrected chi connectivity index (χ4v) is 2.77. The van der Waals surface area contributed by atoms with Crippen molar-refractivity contribution in [2.75, 3.05) is 6.54 Å². The fraction of sp³-hybridized carbons (Fsp3) is 0.333. The van der Waals surface area contributed by atoms with Crippen LogP contribution in [-0.4, -0.2) is 12.6 Å². The summed E-state index contributed by atoms with van der Waals surface area (Å²) in [6.07, 6.45) is 0.899. The van der Waals surface area contributed by atoms with Crippen LogP contribution in [0.15, 0.2) is 53.0 Å². The van der Waals surface area contributed by atoms with Gasteiger partial charge in [0.25, 0.3) is 0 Å². The highest BCUT2D eigenvalue weighted by atomic mass is 79.9. The highest BCUT2D eigenvalue weighted by Crippen LogP contribution is 2.23. The average molecular weight is 350 g/mol. The molecular weight excluding hydrogens is 329 g/mol. The molecule has 0 amide bonds. The molecule has 0 saturated heterocycles. The second-order valence-corrected chi connectivity index (χ2v) is 6.56. The topological polar surface area (TPSA) is 12.0 Å². The molecule has 1 N–H and O–H groups in total. The van der Waals surface area contributed by atoms with Gasteiger partial charge in [0.05, 0.1) is 0 Å². The Labute approximate surface area is 134 Å². The minimum absolute atomic E-state index is 0.182. The molecule has 0 aliphatic rings. The van der Waals surface area contributed by atoms with Gasteiger partial charge in [-0.3, -0.25) is 0 Å². The first-order chi connectivity index (χ1) is 10.0. The van der Waals surface area contributed by atoms with Crippen LogP contribution < -0.4 is 5.32 Å². The van der Waals surface area contributed by atoms with Crippen LogP contribution in [0.1, 0.15) is 30.9 Å². The lowest BCUT2D eigenvalue weighted by Crippen LogP contribution is -2.29. The Balaban J connectivity index is 2.17. The van der Waals surface area contributed by atoms with E-state index < -0.39 is 0 Å². The summed E-state index contributed by atoms with van der Waals surface area (Å²) in [6.45, 7) is 5.21. The minimum atomic E-state index is -0.182. The van der Waals surface area contributed by atoms with Crippen molar-refractivity contribution >= 4 is 15.9 Å². The van der Waals surface area contributed by atoms with E-state index >= 15 is 0 Å². The largest absolute Gasteiger partial charge is 0.314 e. The second kappa shape index (κ2) is 7.71. The van der Waals surface area contributed by atoms with E-state index in [1.807, 2.05) is 18.2 Å². The van der Waals surface area contributed by atoms with Crippen molar-refractivity contribution < 1.29 is 4.39 Å². The van der Waals surface area contributed by atoms with Crippen molar-refractivity contribution in [3.8, 4) is 0 Å². The lowest BCUT2D eigenvalue weighted by molar-refractivity contribution is 0.526. The van der Waals surface area contributed by atoms with Crippen molar-refractivity contribution in [1.29, 1.82) is 0 Å². The number of hydrogen-bond acceptors (Lipinski definition) is 1. The number of hydrogen-bond donors (Lipinski definition) is 1. The first-order valence-electron chi connectivity index (χ1n) is 7.28. The Morgan fingerprint density at radius 2 is 1.81 bits per heavy atom. The molecule has 0 radical (unpaired) electrons. The average Bonchev–Trinajstić information content (AvgIpc) is 2.45. The molecule has 3 heteroatoms. The minimum Gasteiger partial charge on any atom is -0.314 e. The van der Waals surface area contributed by atoms with Crippen LogP contribution in [0.25, 0.3) is 0 Å². The first kappa shape index (κ1) is 16.2. The van der Waals surface area contributed by atoms with Gasteiger partial charge in [-0.1, -0.05) is 54.0 Å². The second-order valence-electron chi connectivity index (χ2n) is 5.65. The summed E-state index contributed by atoms with van der Waals surface area (Å²) in [5, 5.41) is 3.51. The molecule has 112 valence electrons. The third kappa shape index (κ3) is 5.25. The maximum absolute atomic E-state index is 13.0. The molecule has 2 aromatic carbocycles. The molecule has 0 spiro atoms. The summed E-state index contributed by atoms with van der Waals surface area (Å²) in [7, 11) is 0. The number of rotatable bonds is 6. The fourth-order valence-electron chi connectivity index (χ4n) is 2.35. The molecule has 0 aromatic heterocycles. The SMILES string of the molecule is CC(C)NCC(Cc1ccc(F)cc1)c1cccc(Br)c1. The lowest BCUT2D eigenvalue weighted by atomic mass is 9.91. The third-order valence-electron chi connectivity index (χ3n) is 3.49. The van der Waals surface area contributed by atoms with Gasteiger partial charge in [-0.05, 0) is 41.8 Å². The van der Waals surface area contributed by atoms with Gasteiger partial charge < -0.3 is 5.32 Å². The van der Waals surface area contributed by atoms with Gasteiger partial charge in [-0.2, -0.15) is 0 Å². The van der Waals surface area contributed by atoms with Gasteiger partial charge in [0, 0.05) is 23.0 Å². The number of benzene rings is 2. The standard InChI is InChI=1S/C18H21BrFN/c1-13(2)21-12-16(15-4-3-5-17(19)11-15)10-14-6-8-18(20)9-7-14/h3-9,11,13,16,21H,10,12H2,1-2H3. The van der Waals surface area contributed by atoms with Crippen LogP contribution in [0.2, 0.25) is 0 Å². The Kier molecular flexibility index (Phi) is 5.95. The van der Waals surface area contributed by atoms with Crippen LogP contribution in [0.4, 0.5) is 4.39 Å². The van der Waals surface area contributed by atoms with E-state index in [0.29, 0.717) is 12.0 Å². The molecule has 0 saturated carbocycles. The first-order valence-corrected chi connectivity index (χ1v) is 8.07. The number of halogens is 2. The third-order valence-corrected chi connectivity index (χ3v) is 3.98. The summed E-state index contributed by atoms with van der Waals surface area (Å²) in [5.41, 5.74) is 2.45. The van der Waals surface area contributed by atoms with Crippen LogP contribution in [0.5, 0.6) is 0 Å². The van der Waals surface area contributed by atoms with E-state index in [9.17, 15) is 4.39 Å². The van der Waals surface area contributed by atoms with Crippen molar-refractivity contribution in [3.05, 3.63) is 69.9 Å². The predicted molar refractivity (Wildman–Crippen MR) is 90.1 cm³/mol. The Hall–Kier alpha value is -1.19. The zero-order valence-electron chi connectivity index (χ0n) is 12.4. The van der Waals surface area contributed by atoms with Crippen molar-refractivity contribution in [3.63, 3.8) is 0 Å². The van der Waals surface area contributed by atoms with Crippen LogP contribution in [-0.2, 0) is 6.42 Å². The van der Waals surface area contributed by atoms with Gasteiger partial charge in [-0.15, -0.1) is 0 Å². The van der Waals surface area contributed by atoms with Gasteiger partial charge in [-0.25, -0.2) is 4.39 Å². The smallest absolute Gasteiger partial charge is 0.123 e. The van der Waals surface area contributed by atoms with Gasteiger partial charge in [0.1, 0.15) is 5.82 Å². The van der Waals surface area contributed by atoms with E-state index in [2.05, 4.69) is 53.3 Å². The van der Waals surface area contributed by atoms with E-state index in [0.717, 1.165) is 23.0 Å². The Morgan fingerprint density at radius 3 is 2.43 bits per heavy atom. The molecular formula is C18H21BrFN. The molecule has 0 fully saturated rings. The molecule has 0 aliphatic heterocycles. The van der Waals surface area contributed by atoms with Gasteiger partial charge >= 0.3 is 0 Å². The Bertz CT molecular complexity index is 566. The lowest BCUT2D eigenvalue weighted by Gasteiger charge is -2.20. The monoisotopic (exact) mass is 349 g/mol. The van der Waals surface area contributed by atoms with Crippen molar-refractivity contribution in [2.45, 2.75) is 32.2 Å². The van der Waals surface area contributed by atoms with Crippen LogP contribution >= 0.6 is 15.9 Å². The summed E-state index contributed by atoms with van der Waals surface area (Å²) in [5.74, 6) is 0.188. The van der Waals surface area contributed by atoms with Crippen LogP contribution in [0.3, 0.4) is 0 Å². The highest BCUT2D eigenvalue weighted by molar-refractivity contribution is 9.10. The molecule has 0 aliphatic carbocycles. The normalized spacial score (nSPS) is 12.6. The molecule has 0 bridgehead atoms. The predicted octanol–water partition coefficient (Wildman–Crippen LogP) is 4.91. The maximum atomic E-state index is 13.0. The molecule has 2 aromatic rings. The summed E-state index contributed by atoms with van der Waals surface area (Å²) in [6, 6.07) is 15.7. The quantitative estimate of drug-likeness (QED) is 0.780. The molecule has 2 rings (SSSR count). The van der Waals surface area contributed by atoms with E-state index in [1.165, 1.54) is 17.7 Å². The molecule has 1 unspecified atom stereocenters. The molecule has 0 heterocycles. The molecule has 21 heavy (non-hydrogen) atoms. The van der Waals surface area contributed by atoms with Crippen molar-refractivity contribution in [1.82, 2.24) is 5.32 Å².